The Morgan fingerprint density at radius 1 is 1.07 bits per heavy atom. The molecular weight excluding hydrogens is 600 g/mol. The fourth-order valence-electron chi connectivity index (χ4n) is 4.23. The van der Waals surface area contributed by atoms with Crippen LogP contribution >= 0.6 is 0 Å². The largest absolute Gasteiger partial charge is 0.423 e. The molecule has 3 heterocycles. The highest BCUT2D eigenvalue weighted by atomic mass is 28.3. The minimum Gasteiger partial charge on any atom is -0.396 e. The van der Waals surface area contributed by atoms with E-state index in [4.69, 9.17) is 9.57 Å². The van der Waals surface area contributed by atoms with Crippen molar-refractivity contribution in [3.63, 3.8) is 0 Å². The van der Waals surface area contributed by atoms with E-state index in [9.17, 15) is 31.1 Å². The molecule has 1 fully saturated rings. The highest BCUT2D eigenvalue weighted by Gasteiger charge is 2.38. The maximum atomic E-state index is 13.8. The number of halogens is 6. The Morgan fingerprint density at radius 3 is 2.30 bits per heavy atom. The minimum absolute atomic E-state index is 0.251. The lowest BCUT2D eigenvalue weighted by Crippen LogP contribution is -2.35. The molecule has 240 valence electrons. The van der Waals surface area contributed by atoms with E-state index >= 15 is 0 Å². The molecule has 1 atom stereocenters. The molecule has 0 aliphatic carbocycles. The molecule has 0 saturated carbocycles. The molecule has 1 aliphatic heterocycles. The van der Waals surface area contributed by atoms with Crippen LogP contribution in [0.3, 0.4) is 0 Å². The second kappa shape index (κ2) is 14.5. The molecule has 0 radical (unpaired) electrons. The molecule has 1 saturated heterocycles. The normalized spacial score (nSPS) is 16.1. The number of oxime groups is 1. The number of aromatic nitrogens is 4. The molecule has 0 unspecified atom stereocenters. The molecule has 43 heavy (non-hydrogen) atoms. The number of ether oxygens (including phenoxy) is 1. The molecule has 1 aliphatic rings. The fourth-order valence-corrected chi connectivity index (χ4v) is 4.99. The zero-order chi connectivity index (χ0) is 31.8. The summed E-state index contributed by atoms with van der Waals surface area (Å²) in [6.45, 7) is 9.35. The Balaban J connectivity index is 1.44. The van der Waals surface area contributed by atoms with Crippen LogP contribution in [0.2, 0.25) is 25.7 Å². The third-order valence-corrected chi connectivity index (χ3v) is 8.46. The van der Waals surface area contributed by atoms with Gasteiger partial charge in [-0.1, -0.05) is 24.8 Å². The van der Waals surface area contributed by atoms with Gasteiger partial charge < -0.3 is 19.8 Å². The zero-order valence-electron chi connectivity index (χ0n) is 24.5. The Hall–Kier alpha value is -3.21. The van der Waals surface area contributed by atoms with Crippen molar-refractivity contribution in [3.05, 3.63) is 40.1 Å². The maximum absolute atomic E-state index is 13.8. The molecule has 0 aromatic carbocycles. The Kier molecular flexibility index (Phi) is 11.6. The summed E-state index contributed by atoms with van der Waals surface area (Å²) in [5, 5.41) is 10.3. The molecule has 17 heteroatoms. The second-order valence-electron chi connectivity index (χ2n) is 11.6. The van der Waals surface area contributed by atoms with Gasteiger partial charge in [0.05, 0.1) is 29.7 Å². The van der Waals surface area contributed by atoms with Gasteiger partial charge in [-0.15, -0.1) is 0 Å². The van der Waals surface area contributed by atoms with E-state index in [1.54, 1.807) is 6.92 Å². The SMILES string of the molecule is C[C@@H](/C=N/OCCC1CCN(c2ncc(C(F)(F)F)cn2)CC1)Nc1cnn(COCC[Si](C)(C)C)c(=O)c1C(F)(F)F. The van der Waals surface area contributed by atoms with Crippen molar-refractivity contribution < 1.29 is 35.9 Å². The summed E-state index contributed by atoms with van der Waals surface area (Å²) in [5.41, 5.74) is -4.04. The quantitative estimate of drug-likeness (QED) is 0.101. The van der Waals surface area contributed by atoms with Crippen LogP contribution in [0.25, 0.3) is 0 Å². The van der Waals surface area contributed by atoms with Gasteiger partial charge in [-0.25, -0.2) is 14.6 Å². The molecule has 2 aromatic heterocycles. The Morgan fingerprint density at radius 2 is 1.72 bits per heavy atom. The average molecular weight is 638 g/mol. The van der Waals surface area contributed by atoms with E-state index in [1.165, 1.54) is 6.21 Å². The van der Waals surface area contributed by atoms with Crippen molar-refractivity contribution in [1.82, 2.24) is 19.7 Å². The van der Waals surface area contributed by atoms with Gasteiger partial charge >= 0.3 is 12.4 Å². The molecule has 0 spiro atoms. The van der Waals surface area contributed by atoms with Gasteiger partial charge in [-0.05, 0) is 38.1 Å². The van der Waals surface area contributed by atoms with Gasteiger partial charge in [0.1, 0.15) is 18.9 Å². The predicted molar refractivity (Wildman–Crippen MR) is 152 cm³/mol. The number of alkyl halides is 6. The first-order valence-corrected chi connectivity index (χ1v) is 17.6. The van der Waals surface area contributed by atoms with Crippen LogP contribution in [-0.2, 0) is 28.7 Å². The number of hydrogen-bond donors (Lipinski definition) is 1. The zero-order valence-corrected chi connectivity index (χ0v) is 25.5. The summed E-state index contributed by atoms with van der Waals surface area (Å²) in [5.74, 6) is 0.545. The monoisotopic (exact) mass is 637 g/mol. The Bertz CT molecular complexity index is 1260. The molecule has 10 nitrogen and oxygen atoms in total. The van der Waals surface area contributed by atoms with Gasteiger partial charge in [0.2, 0.25) is 5.95 Å². The van der Waals surface area contributed by atoms with Gasteiger partial charge in [0.15, 0.2) is 0 Å². The summed E-state index contributed by atoms with van der Waals surface area (Å²) >= 11 is 0. The summed E-state index contributed by atoms with van der Waals surface area (Å²) in [7, 11) is -1.40. The van der Waals surface area contributed by atoms with Crippen LogP contribution in [0.15, 0.2) is 28.5 Å². The van der Waals surface area contributed by atoms with Gasteiger partial charge in [-0.2, -0.15) is 31.4 Å². The summed E-state index contributed by atoms with van der Waals surface area (Å²) in [6, 6.07) is 0.0885. The number of nitrogens with one attached hydrogen (secondary N) is 1. The first-order valence-electron chi connectivity index (χ1n) is 13.9. The van der Waals surface area contributed by atoms with Gasteiger partial charge in [-0.3, -0.25) is 4.79 Å². The smallest absolute Gasteiger partial charge is 0.396 e. The summed E-state index contributed by atoms with van der Waals surface area (Å²) in [4.78, 5) is 27.3. The van der Waals surface area contributed by atoms with Gasteiger partial charge in [0.25, 0.3) is 5.56 Å². The van der Waals surface area contributed by atoms with E-state index in [0.717, 1.165) is 37.5 Å². The lowest BCUT2D eigenvalue weighted by molar-refractivity contribution is -0.139. The minimum atomic E-state index is -4.91. The van der Waals surface area contributed by atoms with Crippen LogP contribution < -0.4 is 15.8 Å². The highest BCUT2D eigenvalue weighted by molar-refractivity contribution is 6.76. The number of anilines is 2. The maximum Gasteiger partial charge on any atom is 0.423 e. The third kappa shape index (κ3) is 10.8. The van der Waals surface area contributed by atoms with Crippen molar-refractivity contribution in [2.75, 3.05) is 36.5 Å². The average Bonchev–Trinajstić information content (AvgIpc) is 2.90. The summed E-state index contributed by atoms with van der Waals surface area (Å²) in [6.07, 6.45) is -3.43. The second-order valence-corrected chi connectivity index (χ2v) is 17.2. The Labute approximate surface area is 246 Å². The predicted octanol–water partition coefficient (Wildman–Crippen LogP) is 5.49. The van der Waals surface area contributed by atoms with Crippen molar-refractivity contribution in [3.8, 4) is 0 Å². The van der Waals surface area contributed by atoms with Crippen molar-refractivity contribution in [2.24, 2.45) is 11.1 Å². The number of hydrogen-bond acceptors (Lipinski definition) is 9. The van der Waals surface area contributed by atoms with Crippen LogP contribution in [0.1, 0.15) is 37.3 Å². The van der Waals surface area contributed by atoms with Gasteiger partial charge in [0, 0.05) is 40.2 Å². The number of rotatable bonds is 13. The molecule has 0 bridgehead atoms. The van der Waals surface area contributed by atoms with Crippen LogP contribution in [0.4, 0.5) is 38.0 Å². The van der Waals surface area contributed by atoms with Crippen LogP contribution in [-0.4, -0.2) is 66.4 Å². The topological polar surface area (TPSA) is 107 Å². The van der Waals surface area contributed by atoms with Crippen LogP contribution in [0.5, 0.6) is 0 Å². The number of piperidine rings is 1. The molecule has 1 N–H and O–H groups in total. The molecule has 2 aromatic rings. The standard InChI is InChI=1S/C26H37F6N7O3Si/c1-18(37-21-16-35-39(17-41-11-12-43(2,3)4)23(40)22(21)26(30,31)32)13-36-42-10-7-19-5-8-38(9-6-19)24-33-14-20(15-34-24)25(27,28)29/h13-16,18-19,37H,5-12,17H2,1-4H3/b36-13+/t18-/m0/s1. The van der Waals surface area contributed by atoms with Crippen LogP contribution in [0, 0.1) is 5.92 Å². The molecule has 0 amide bonds. The van der Waals surface area contributed by atoms with Crippen molar-refractivity contribution >= 4 is 25.9 Å². The van der Waals surface area contributed by atoms with E-state index in [1.807, 2.05) is 4.90 Å². The summed E-state index contributed by atoms with van der Waals surface area (Å²) < 4.78 is 85.5. The van der Waals surface area contributed by atoms with E-state index in [2.05, 4.69) is 45.2 Å². The lowest BCUT2D eigenvalue weighted by Gasteiger charge is -2.31. The molecule has 3 rings (SSSR count). The third-order valence-electron chi connectivity index (χ3n) is 6.76. The highest BCUT2D eigenvalue weighted by Crippen LogP contribution is 2.32. The van der Waals surface area contributed by atoms with E-state index in [0.29, 0.717) is 36.7 Å². The van der Waals surface area contributed by atoms with E-state index < -0.39 is 48.8 Å². The first-order chi connectivity index (χ1) is 20.0. The fraction of sp³-hybridized carbons (Fsp3) is 0.654. The van der Waals surface area contributed by atoms with E-state index in [-0.39, 0.29) is 19.3 Å². The van der Waals surface area contributed by atoms with Crippen molar-refractivity contribution in [1.29, 1.82) is 0 Å². The van der Waals surface area contributed by atoms with Crippen molar-refractivity contribution in [2.45, 2.75) is 77.0 Å². The molecular formula is C26H37F6N7O3Si. The first kappa shape index (κ1) is 34.3. The number of nitrogens with zero attached hydrogens (tertiary/aromatic N) is 6. The lowest BCUT2D eigenvalue weighted by atomic mass is 9.94.